The number of rotatable bonds is 7. The zero-order valence-electron chi connectivity index (χ0n) is 14.1. The third-order valence-electron chi connectivity index (χ3n) is 4.53. The molecular weight excluding hydrogens is 362 g/mol. The number of carboxylic acids is 2. The Morgan fingerprint density at radius 1 is 1.19 bits per heavy atom. The highest BCUT2D eigenvalue weighted by atomic mass is 32.1. The van der Waals surface area contributed by atoms with Gasteiger partial charge in [-0.15, -0.1) is 8.75 Å². The molecule has 2 unspecified atom stereocenters. The molecule has 3 aliphatic rings. The number of aromatic nitrogens is 2. The Hall–Kier alpha value is -2.20. The molecule has 2 aliphatic carbocycles. The Labute approximate surface area is 154 Å². The average Bonchev–Trinajstić information content (AvgIpc) is 3.02. The maximum atomic E-state index is 9.55. The van der Waals surface area contributed by atoms with E-state index in [4.69, 9.17) is 19.7 Å². The number of piperidine rings is 1. The Bertz CT molecular complexity index is 663. The van der Waals surface area contributed by atoms with Gasteiger partial charge in [0, 0.05) is 31.5 Å². The summed E-state index contributed by atoms with van der Waals surface area (Å²) in [5.74, 6) is 0.138. The van der Waals surface area contributed by atoms with Crippen LogP contribution >= 0.6 is 11.7 Å². The normalized spacial score (nSPS) is 26.4. The molecule has 0 spiro atoms. The van der Waals surface area contributed by atoms with E-state index in [-0.39, 0.29) is 5.72 Å². The zero-order chi connectivity index (χ0) is 18.6. The summed E-state index contributed by atoms with van der Waals surface area (Å²) in [6.07, 6.45) is 7.08. The number of carboxylic acid groups (broad SMARTS) is 2. The number of aliphatic carboxylic acids is 2. The Morgan fingerprint density at radius 3 is 2.38 bits per heavy atom. The van der Waals surface area contributed by atoms with Crippen molar-refractivity contribution >= 4 is 23.7 Å². The fourth-order valence-corrected chi connectivity index (χ4v) is 3.47. The number of hydrogen-bond donors (Lipinski definition) is 3. The minimum atomic E-state index is -1.26. The monoisotopic (exact) mass is 383 g/mol. The van der Waals surface area contributed by atoms with Gasteiger partial charge in [-0.05, 0) is 31.1 Å². The number of hydrogen-bond acceptors (Lipinski definition) is 8. The van der Waals surface area contributed by atoms with Crippen LogP contribution in [0, 0.1) is 11.8 Å². The van der Waals surface area contributed by atoms with Crippen LogP contribution in [0.5, 0.6) is 11.8 Å². The van der Waals surface area contributed by atoms with Crippen LogP contribution in [0.4, 0.5) is 0 Å². The fraction of sp³-hybridized carbons (Fsp3) is 0.625. The molecule has 9 nitrogen and oxygen atoms in total. The zero-order valence-corrected chi connectivity index (χ0v) is 14.9. The summed E-state index contributed by atoms with van der Waals surface area (Å²) in [4.78, 5) is 19.1. The summed E-state index contributed by atoms with van der Waals surface area (Å²) in [5, 5.41) is 19.1. The molecule has 4 rings (SSSR count). The van der Waals surface area contributed by atoms with Crippen molar-refractivity contribution in [2.24, 2.45) is 11.8 Å². The first kappa shape index (κ1) is 18.6. The Morgan fingerprint density at radius 2 is 1.88 bits per heavy atom. The van der Waals surface area contributed by atoms with Gasteiger partial charge in [0.25, 0.3) is 11.8 Å². The van der Waals surface area contributed by atoms with E-state index in [0.717, 1.165) is 37.8 Å². The van der Waals surface area contributed by atoms with E-state index < -0.39 is 11.9 Å². The van der Waals surface area contributed by atoms with E-state index in [9.17, 15) is 9.59 Å². The minimum absolute atomic E-state index is 0.196. The fourth-order valence-electron chi connectivity index (χ4n) is 3.03. The highest BCUT2D eigenvalue weighted by Crippen LogP contribution is 2.42. The third kappa shape index (κ3) is 5.15. The van der Waals surface area contributed by atoms with Gasteiger partial charge in [0.05, 0.1) is 18.3 Å². The Balaban J connectivity index is 0.000000211. The number of carbonyl (C=O) groups is 2. The molecule has 0 amide bonds. The van der Waals surface area contributed by atoms with Crippen molar-refractivity contribution in [2.45, 2.75) is 37.8 Å². The summed E-state index contributed by atoms with van der Waals surface area (Å²) in [6.45, 7) is 1.82. The number of nitrogens with zero attached hydrogens (tertiary/aromatic N) is 2. The maximum absolute atomic E-state index is 9.55. The molecule has 0 aromatic carbocycles. The molecule has 0 radical (unpaired) electrons. The topological polar surface area (TPSA) is 131 Å². The molecular formula is C16H21N3O6S. The first-order chi connectivity index (χ1) is 12.5. The van der Waals surface area contributed by atoms with E-state index in [1.165, 1.54) is 31.0 Å². The van der Waals surface area contributed by atoms with Crippen molar-refractivity contribution in [2.75, 3.05) is 13.2 Å². The van der Waals surface area contributed by atoms with Crippen LogP contribution < -0.4 is 14.8 Å². The predicted octanol–water partition coefficient (Wildman–Crippen LogP) is 1.52. The molecule has 2 bridgehead atoms. The van der Waals surface area contributed by atoms with Crippen molar-refractivity contribution in [1.29, 1.82) is 0 Å². The van der Waals surface area contributed by atoms with Crippen molar-refractivity contribution in [3.05, 3.63) is 12.2 Å². The maximum Gasteiger partial charge on any atom is 0.328 e. The lowest BCUT2D eigenvalue weighted by molar-refractivity contribution is -0.134. The standard InChI is InChI=1S/C12H17N3O2S.C4H4O4/c1-2-8(1)7-16-10-11(15-18-14-10)17-12-4-3-9(5-12)6-13-12;5-3(6)1-2-4(7)8/h8-9,13H,1-7H2;1-2H,(H,5,6)(H,7,8)/b;2-1-. The number of ether oxygens (including phenoxy) is 2. The largest absolute Gasteiger partial charge is 0.478 e. The van der Waals surface area contributed by atoms with Crippen molar-refractivity contribution in [3.8, 4) is 11.8 Å². The number of nitrogens with one attached hydrogen (secondary N) is 1. The van der Waals surface area contributed by atoms with E-state index in [2.05, 4.69) is 14.1 Å². The Kier molecular flexibility index (Phi) is 5.72. The smallest absolute Gasteiger partial charge is 0.328 e. The van der Waals surface area contributed by atoms with Gasteiger partial charge < -0.3 is 19.7 Å². The van der Waals surface area contributed by atoms with Gasteiger partial charge in [0.15, 0.2) is 5.72 Å². The summed E-state index contributed by atoms with van der Waals surface area (Å²) >= 11 is 1.17. The minimum Gasteiger partial charge on any atom is -0.478 e. The molecule has 1 aliphatic heterocycles. The van der Waals surface area contributed by atoms with Crippen molar-refractivity contribution in [1.82, 2.24) is 14.1 Å². The van der Waals surface area contributed by atoms with Crippen LogP contribution in [-0.4, -0.2) is 49.8 Å². The molecule has 2 heterocycles. The lowest BCUT2D eigenvalue weighted by atomic mass is 10.1. The van der Waals surface area contributed by atoms with Crippen molar-refractivity contribution in [3.63, 3.8) is 0 Å². The molecule has 3 fully saturated rings. The van der Waals surface area contributed by atoms with Gasteiger partial charge in [-0.1, -0.05) is 0 Å². The van der Waals surface area contributed by atoms with Crippen LogP contribution in [0.15, 0.2) is 12.2 Å². The van der Waals surface area contributed by atoms with E-state index in [1.54, 1.807) is 0 Å². The second-order valence-corrected chi connectivity index (χ2v) is 7.25. The van der Waals surface area contributed by atoms with E-state index in [1.807, 2.05) is 0 Å². The predicted molar refractivity (Wildman–Crippen MR) is 91.2 cm³/mol. The van der Waals surface area contributed by atoms with Gasteiger partial charge >= 0.3 is 11.9 Å². The molecule has 2 saturated carbocycles. The van der Waals surface area contributed by atoms with Gasteiger partial charge in [-0.2, -0.15) is 0 Å². The summed E-state index contributed by atoms with van der Waals surface area (Å²) in [7, 11) is 0. The molecule has 142 valence electrons. The average molecular weight is 383 g/mol. The summed E-state index contributed by atoms with van der Waals surface area (Å²) in [6, 6.07) is 0. The highest BCUT2D eigenvalue weighted by Gasteiger charge is 2.47. The lowest BCUT2D eigenvalue weighted by Gasteiger charge is -2.27. The van der Waals surface area contributed by atoms with Gasteiger partial charge in [0.2, 0.25) is 0 Å². The van der Waals surface area contributed by atoms with Gasteiger partial charge in [-0.25, -0.2) is 9.59 Å². The van der Waals surface area contributed by atoms with Gasteiger partial charge in [-0.3, -0.25) is 5.32 Å². The number of fused-ring (bicyclic) bond motifs is 2. The van der Waals surface area contributed by atoms with Crippen LogP contribution in [0.1, 0.15) is 32.1 Å². The lowest BCUT2D eigenvalue weighted by Crippen LogP contribution is -2.45. The van der Waals surface area contributed by atoms with Gasteiger partial charge in [0.1, 0.15) is 0 Å². The van der Waals surface area contributed by atoms with E-state index in [0.29, 0.717) is 23.9 Å². The molecule has 3 N–H and O–H groups in total. The molecule has 1 saturated heterocycles. The first-order valence-electron chi connectivity index (χ1n) is 8.49. The summed E-state index contributed by atoms with van der Waals surface area (Å²) < 4.78 is 20.2. The SMILES string of the molecule is C1CC1COc1nsnc1OC12CCC(CN1)C2.O=C(O)/C=C\C(=O)O. The molecule has 10 heteroatoms. The van der Waals surface area contributed by atoms with E-state index >= 15 is 0 Å². The second-order valence-electron chi connectivity index (χ2n) is 6.72. The molecule has 1 aromatic heterocycles. The first-order valence-corrected chi connectivity index (χ1v) is 9.22. The second kappa shape index (κ2) is 8.00. The van der Waals surface area contributed by atoms with Crippen LogP contribution in [-0.2, 0) is 9.59 Å². The van der Waals surface area contributed by atoms with Crippen LogP contribution in [0.2, 0.25) is 0 Å². The quantitative estimate of drug-likeness (QED) is 0.600. The molecule has 1 aromatic rings. The molecule has 2 atom stereocenters. The third-order valence-corrected chi connectivity index (χ3v) is 5.03. The van der Waals surface area contributed by atoms with Crippen LogP contribution in [0.3, 0.4) is 0 Å². The van der Waals surface area contributed by atoms with Crippen LogP contribution in [0.25, 0.3) is 0 Å². The molecule has 26 heavy (non-hydrogen) atoms. The van der Waals surface area contributed by atoms with Crippen molar-refractivity contribution < 1.29 is 29.3 Å². The highest BCUT2D eigenvalue weighted by molar-refractivity contribution is 6.99. The summed E-state index contributed by atoms with van der Waals surface area (Å²) in [5.41, 5.74) is -0.196.